The van der Waals surface area contributed by atoms with Crippen molar-refractivity contribution in [3.8, 4) is 0 Å². The van der Waals surface area contributed by atoms with E-state index in [4.69, 9.17) is 4.74 Å². The average molecular weight is 256 g/mol. The number of ketones is 2. The molecule has 3 nitrogen and oxygen atoms in total. The molecule has 3 unspecified atom stereocenters. The summed E-state index contributed by atoms with van der Waals surface area (Å²) in [5.41, 5.74) is 2.17. The van der Waals surface area contributed by atoms with E-state index in [0.29, 0.717) is 17.6 Å². The fourth-order valence-electron chi connectivity index (χ4n) is 2.97. The maximum atomic E-state index is 12.5. The van der Waals surface area contributed by atoms with Crippen LogP contribution in [-0.2, 0) is 14.3 Å². The third kappa shape index (κ3) is 1.85. The van der Waals surface area contributed by atoms with Gasteiger partial charge in [0.05, 0.1) is 17.9 Å². The van der Waals surface area contributed by atoms with Gasteiger partial charge in [0.2, 0.25) is 0 Å². The Bertz CT molecular complexity index is 575. The van der Waals surface area contributed by atoms with Gasteiger partial charge in [0, 0.05) is 18.3 Å². The number of rotatable bonds is 1. The Morgan fingerprint density at radius 2 is 1.84 bits per heavy atom. The highest BCUT2D eigenvalue weighted by Gasteiger charge is 2.43. The molecular weight excluding hydrogens is 240 g/mol. The summed E-state index contributed by atoms with van der Waals surface area (Å²) in [6.07, 6.45) is 9.88. The topological polar surface area (TPSA) is 43.4 Å². The third-order valence-corrected chi connectivity index (χ3v) is 4.03. The summed E-state index contributed by atoms with van der Waals surface area (Å²) in [6.45, 7) is 1.95. The number of Topliss-reactive ketones (excluding diaryl/α,β-unsaturated/α-hetero) is 2. The molecule has 0 saturated heterocycles. The lowest BCUT2D eigenvalue weighted by atomic mass is 9.68. The van der Waals surface area contributed by atoms with E-state index >= 15 is 0 Å². The van der Waals surface area contributed by atoms with Crippen molar-refractivity contribution in [2.45, 2.75) is 19.4 Å². The molecule has 19 heavy (non-hydrogen) atoms. The molecule has 3 aliphatic carbocycles. The van der Waals surface area contributed by atoms with Crippen molar-refractivity contribution in [1.82, 2.24) is 0 Å². The van der Waals surface area contributed by atoms with E-state index in [-0.39, 0.29) is 29.5 Å². The van der Waals surface area contributed by atoms with Gasteiger partial charge >= 0.3 is 0 Å². The standard InChI is InChI=1S/C16H16O3/c1-9-3-5-11-13(7-9)15(17)12-6-4-10(19-2)8-14(12)16(11)18/h3,5-8,10-11,13H,4H2,1-2H3. The second-order valence-corrected chi connectivity index (χ2v) is 5.26. The molecule has 1 saturated carbocycles. The van der Waals surface area contributed by atoms with E-state index in [2.05, 4.69) is 0 Å². The zero-order valence-electron chi connectivity index (χ0n) is 11.1. The smallest absolute Gasteiger partial charge is 0.171 e. The Labute approximate surface area is 112 Å². The molecule has 0 aromatic carbocycles. The summed E-state index contributed by atoms with van der Waals surface area (Å²) in [6, 6.07) is 0. The number of fused-ring (bicyclic) bond motifs is 2. The fraction of sp³-hybridized carbons (Fsp3) is 0.375. The van der Waals surface area contributed by atoms with Crippen LogP contribution in [0.4, 0.5) is 0 Å². The van der Waals surface area contributed by atoms with Crippen molar-refractivity contribution in [2.75, 3.05) is 7.11 Å². The van der Waals surface area contributed by atoms with Crippen molar-refractivity contribution in [2.24, 2.45) is 11.8 Å². The molecule has 0 N–H and O–H groups in total. The summed E-state index contributed by atoms with van der Waals surface area (Å²) < 4.78 is 5.26. The first-order valence-corrected chi connectivity index (χ1v) is 6.52. The fourth-order valence-corrected chi connectivity index (χ4v) is 2.97. The van der Waals surface area contributed by atoms with E-state index in [1.165, 1.54) is 0 Å². The molecule has 0 aromatic rings. The summed E-state index contributed by atoms with van der Waals surface area (Å²) in [5, 5.41) is 0. The molecule has 0 heterocycles. The van der Waals surface area contributed by atoms with Crippen molar-refractivity contribution in [1.29, 1.82) is 0 Å². The van der Waals surface area contributed by atoms with Gasteiger partial charge in [0.25, 0.3) is 0 Å². The zero-order valence-corrected chi connectivity index (χ0v) is 11.1. The molecule has 0 aliphatic heterocycles. The molecule has 0 aromatic heterocycles. The van der Waals surface area contributed by atoms with Crippen LogP contribution in [0.2, 0.25) is 0 Å². The maximum absolute atomic E-state index is 12.5. The Morgan fingerprint density at radius 3 is 2.58 bits per heavy atom. The largest absolute Gasteiger partial charge is 0.377 e. The van der Waals surface area contributed by atoms with Crippen LogP contribution < -0.4 is 0 Å². The van der Waals surface area contributed by atoms with Crippen LogP contribution in [0.3, 0.4) is 0 Å². The predicted octanol–water partition coefficient (Wildman–Crippen LogP) is 2.16. The Hall–Kier alpha value is -1.74. The molecule has 3 atom stereocenters. The Morgan fingerprint density at radius 1 is 1.11 bits per heavy atom. The van der Waals surface area contributed by atoms with Crippen molar-refractivity contribution >= 4 is 11.6 Å². The lowest BCUT2D eigenvalue weighted by molar-refractivity contribution is -0.127. The number of ether oxygens (including phenoxy) is 1. The summed E-state index contributed by atoms with van der Waals surface area (Å²) in [7, 11) is 1.62. The van der Waals surface area contributed by atoms with Crippen LogP contribution in [-0.4, -0.2) is 24.8 Å². The van der Waals surface area contributed by atoms with Gasteiger partial charge in [0.1, 0.15) is 0 Å². The first-order chi connectivity index (χ1) is 9.11. The molecule has 0 radical (unpaired) electrons. The average Bonchev–Trinajstić information content (AvgIpc) is 2.44. The first-order valence-electron chi connectivity index (χ1n) is 6.52. The van der Waals surface area contributed by atoms with Crippen LogP contribution in [0.25, 0.3) is 0 Å². The molecule has 3 heteroatoms. The van der Waals surface area contributed by atoms with Gasteiger partial charge in [-0.25, -0.2) is 0 Å². The lowest BCUT2D eigenvalue weighted by Crippen LogP contribution is -2.39. The number of carbonyl (C=O) groups excluding carboxylic acids is 2. The quantitative estimate of drug-likeness (QED) is 0.722. The van der Waals surface area contributed by atoms with Crippen LogP contribution in [0.15, 0.2) is 47.1 Å². The molecule has 3 rings (SSSR count). The van der Waals surface area contributed by atoms with Crippen molar-refractivity contribution in [3.63, 3.8) is 0 Å². The van der Waals surface area contributed by atoms with Gasteiger partial charge in [-0.1, -0.05) is 29.9 Å². The summed E-state index contributed by atoms with van der Waals surface area (Å²) in [5.74, 6) is -0.554. The van der Waals surface area contributed by atoms with Gasteiger partial charge in [-0.2, -0.15) is 0 Å². The lowest BCUT2D eigenvalue weighted by Gasteiger charge is -2.33. The van der Waals surface area contributed by atoms with E-state index in [9.17, 15) is 9.59 Å². The second-order valence-electron chi connectivity index (χ2n) is 5.26. The monoisotopic (exact) mass is 256 g/mol. The van der Waals surface area contributed by atoms with Gasteiger partial charge in [-0.3, -0.25) is 9.59 Å². The van der Waals surface area contributed by atoms with Crippen LogP contribution in [0.5, 0.6) is 0 Å². The number of carbonyl (C=O) groups is 2. The predicted molar refractivity (Wildman–Crippen MR) is 71.5 cm³/mol. The number of hydrogen-bond acceptors (Lipinski definition) is 3. The molecule has 0 spiro atoms. The van der Waals surface area contributed by atoms with Crippen LogP contribution >= 0.6 is 0 Å². The minimum Gasteiger partial charge on any atom is -0.377 e. The van der Waals surface area contributed by atoms with Crippen molar-refractivity contribution < 1.29 is 14.3 Å². The minimum absolute atomic E-state index is 0.0394. The first kappa shape index (κ1) is 12.3. The van der Waals surface area contributed by atoms with E-state index in [0.717, 1.165) is 5.57 Å². The number of hydrogen-bond donors (Lipinski definition) is 0. The Balaban J connectivity index is 2.04. The van der Waals surface area contributed by atoms with Gasteiger partial charge in [0.15, 0.2) is 11.6 Å². The normalized spacial score (nSPS) is 33.2. The minimum atomic E-state index is -0.338. The number of allylic oxidation sites excluding steroid dienone is 6. The van der Waals surface area contributed by atoms with Gasteiger partial charge in [-0.15, -0.1) is 0 Å². The molecule has 1 fully saturated rings. The van der Waals surface area contributed by atoms with Crippen molar-refractivity contribution in [3.05, 3.63) is 47.1 Å². The second kappa shape index (κ2) is 4.42. The van der Waals surface area contributed by atoms with E-state index < -0.39 is 0 Å². The maximum Gasteiger partial charge on any atom is 0.171 e. The zero-order chi connectivity index (χ0) is 13.6. The molecule has 3 aliphatic rings. The number of methoxy groups -OCH3 is 1. The summed E-state index contributed by atoms with van der Waals surface area (Å²) in [4.78, 5) is 25.0. The van der Waals surface area contributed by atoms with Gasteiger partial charge in [-0.05, 0) is 19.4 Å². The van der Waals surface area contributed by atoms with Crippen LogP contribution in [0.1, 0.15) is 13.3 Å². The van der Waals surface area contributed by atoms with Crippen LogP contribution in [0, 0.1) is 11.8 Å². The van der Waals surface area contributed by atoms with E-state index in [1.54, 1.807) is 13.2 Å². The summed E-state index contributed by atoms with van der Waals surface area (Å²) >= 11 is 0. The SMILES string of the molecule is COC1C=C2C(=O)C3C=CC(C)=CC3C(=O)C2=CC1. The van der Waals surface area contributed by atoms with E-state index in [1.807, 2.05) is 31.2 Å². The molecule has 0 amide bonds. The molecule has 98 valence electrons. The molecule has 0 bridgehead atoms. The highest BCUT2D eigenvalue weighted by Crippen LogP contribution is 2.38. The third-order valence-electron chi connectivity index (χ3n) is 4.03. The highest BCUT2D eigenvalue weighted by molar-refractivity contribution is 6.20. The highest BCUT2D eigenvalue weighted by atomic mass is 16.5. The molecular formula is C16H16O3. The Kier molecular flexibility index (Phi) is 2.86. The van der Waals surface area contributed by atoms with Gasteiger partial charge < -0.3 is 4.74 Å².